The first-order valence-electron chi connectivity index (χ1n) is 12.1. The summed E-state index contributed by atoms with van der Waals surface area (Å²) in [5, 5.41) is 10.2. The normalized spacial score (nSPS) is 19.6. The van der Waals surface area contributed by atoms with Crippen molar-refractivity contribution in [2.45, 2.75) is 32.2 Å². The molecule has 1 saturated heterocycles. The van der Waals surface area contributed by atoms with E-state index in [1.54, 1.807) is 7.11 Å². The molecule has 0 saturated carbocycles. The molecule has 0 unspecified atom stereocenters. The van der Waals surface area contributed by atoms with E-state index in [2.05, 4.69) is 27.5 Å². The van der Waals surface area contributed by atoms with E-state index >= 15 is 0 Å². The van der Waals surface area contributed by atoms with Crippen molar-refractivity contribution < 1.29 is 19.0 Å². The lowest BCUT2D eigenvalue weighted by atomic mass is 9.95. The molecule has 1 amide bonds. The van der Waals surface area contributed by atoms with Crippen molar-refractivity contribution in [3.63, 3.8) is 0 Å². The van der Waals surface area contributed by atoms with Crippen molar-refractivity contribution in [1.29, 1.82) is 0 Å². The van der Waals surface area contributed by atoms with E-state index < -0.39 is 0 Å². The van der Waals surface area contributed by atoms with Crippen molar-refractivity contribution in [3.05, 3.63) is 53.9 Å². The number of rotatable bonds is 7. The first-order valence-corrected chi connectivity index (χ1v) is 12.1. The number of aromatic amines is 1. The lowest BCUT2D eigenvalue weighted by Gasteiger charge is -2.26. The van der Waals surface area contributed by atoms with Crippen LogP contribution in [0.5, 0.6) is 17.2 Å². The molecular formula is C27H32N4O4. The highest BCUT2D eigenvalue weighted by Crippen LogP contribution is 2.35. The van der Waals surface area contributed by atoms with E-state index in [9.17, 15) is 4.79 Å². The van der Waals surface area contributed by atoms with Crippen LogP contribution in [0, 0.1) is 12.8 Å². The molecule has 3 aromatic rings. The van der Waals surface area contributed by atoms with Gasteiger partial charge in [-0.3, -0.25) is 9.89 Å². The van der Waals surface area contributed by atoms with Crippen LogP contribution in [0.3, 0.4) is 0 Å². The summed E-state index contributed by atoms with van der Waals surface area (Å²) < 4.78 is 17.5. The van der Waals surface area contributed by atoms with E-state index in [0.717, 1.165) is 46.8 Å². The van der Waals surface area contributed by atoms with Gasteiger partial charge in [-0.2, -0.15) is 5.10 Å². The number of carbonyl (C=O) groups is 1. The molecule has 2 aliphatic heterocycles. The molecule has 2 aliphatic rings. The number of ether oxygens (including phenoxy) is 3. The zero-order valence-corrected chi connectivity index (χ0v) is 20.5. The Balaban J connectivity index is 1.35. The summed E-state index contributed by atoms with van der Waals surface area (Å²) in [5.41, 5.74) is 4.62. The third-order valence-electron chi connectivity index (χ3n) is 7.03. The van der Waals surface area contributed by atoms with Gasteiger partial charge in [0.2, 0.25) is 5.91 Å². The standard InChI is InChI=1S/C27H32N4O4/c1-17-23(14-28-30-17)18-6-8-24(26(13-18)35-16-21-5-4-10-31(21)2)29-27(32)20-11-19-12-22(33-3)7-9-25(19)34-15-20/h6-9,12-14,20-21H,4-5,10-11,15-16H2,1-3H3,(H,28,30)(H,29,32)/t20-,21-/m0/s1. The maximum absolute atomic E-state index is 13.3. The van der Waals surface area contributed by atoms with E-state index in [1.807, 2.05) is 49.5 Å². The number of fused-ring (bicyclic) bond motifs is 1. The van der Waals surface area contributed by atoms with Gasteiger partial charge < -0.3 is 24.4 Å². The van der Waals surface area contributed by atoms with Crippen LogP contribution in [-0.2, 0) is 11.2 Å². The maximum atomic E-state index is 13.3. The van der Waals surface area contributed by atoms with Gasteiger partial charge in [0, 0.05) is 17.3 Å². The molecule has 184 valence electrons. The number of methoxy groups -OCH3 is 1. The van der Waals surface area contributed by atoms with Crippen LogP contribution in [0.1, 0.15) is 24.1 Å². The molecule has 1 fully saturated rings. The van der Waals surface area contributed by atoms with Crippen molar-refractivity contribution in [1.82, 2.24) is 15.1 Å². The van der Waals surface area contributed by atoms with Crippen molar-refractivity contribution in [3.8, 4) is 28.4 Å². The van der Waals surface area contributed by atoms with E-state index in [0.29, 0.717) is 37.1 Å². The molecule has 8 heteroatoms. The minimum atomic E-state index is -0.306. The number of H-pyrrole nitrogens is 1. The van der Waals surface area contributed by atoms with Gasteiger partial charge in [-0.25, -0.2) is 0 Å². The number of likely N-dealkylation sites (tertiary alicyclic amines) is 1. The molecule has 2 aromatic carbocycles. The number of carbonyl (C=O) groups excluding carboxylic acids is 1. The number of nitrogens with zero attached hydrogens (tertiary/aromatic N) is 2. The monoisotopic (exact) mass is 476 g/mol. The number of likely N-dealkylation sites (N-methyl/N-ethyl adjacent to an activating group) is 1. The van der Waals surface area contributed by atoms with Gasteiger partial charge in [0.05, 0.1) is 24.9 Å². The van der Waals surface area contributed by atoms with Crippen LogP contribution < -0.4 is 19.5 Å². The quantitative estimate of drug-likeness (QED) is 0.535. The number of anilines is 1. The van der Waals surface area contributed by atoms with Gasteiger partial charge in [0.1, 0.15) is 30.5 Å². The summed E-state index contributed by atoms with van der Waals surface area (Å²) in [6, 6.07) is 12.0. The molecular weight excluding hydrogens is 444 g/mol. The third-order valence-corrected chi connectivity index (χ3v) is 7.03. The number of amides is 1. The highest BCUT2D eigenvalue weighted by atomic mass is 16.5. The van der Waals surface area contributed by atoms with Crippen LogP contribution in [0.4, 0.5) is 5.69 Å². The molecule has 0 bridgehead atoms. The zero-order valence-electron chi connectivity index (χ0n) is 20.5. The lowest BCUT2D eigenvalue weighted by molar-refractivity contribution is -0.121. The average Bonchev–Trinajstić information content (AvgIpc) is 3.50. The smallest absolute Gasteiger partial charge is 0.231 e. The SMILES string of the molecule is COc1ccc2c(c1)C[C@H](C(=O)Nc1ccc(-c3cn[nH]c3C)cc1OC[C@@H]1CCCN1C)CO2. The van der Waals surface area contributed by atoms with Gasteiger partial charge in [-0.05, 0) is 81.2 Å². The van der Waals surface area contributed by atoms with Gasteiger partial charge >= 0.3 is 0 Å². The highest BCUT2D eigenvalue weighted by Gasteiger charge is 2.28. The molecule has 8 nitrogen and oxygen atoms in total. The fourth-order valence-corrected chi connectivity index (χ4v) is 4.83. The Hall–Kier alpha value is -3.52. The molecule has 0 radical (unpaired) electrons. The average molecular weight is 477 g/mol. The Kier molecular flexibility index (Phi) is 6.63. The van der Waals surface area contributed by atoms with Crippen molar-refractivity contribution in [2.24, 2.45) is 5.92 Å². The molecule has 3 heterocycles. The Bertz CT molecular complexity index is 1210. The molecule has 1 aromatic heterocycles. The summed E-state index contributed by atoms with van der Waals surface area (Å²) >= 11 is 0. The fourth-order valence-electron chi connectivity index (χ4n) is 4.83. The van der Waals surface area contributed by atoms with E-state index in [-0.39, 0.29) is 11.8 Å². The van der Waals surface area contributed by atoms with Gasteiger partial charge in [0.25, 0.3) is 0 Å². The topological polar surface area (TPSA) is 88.7 Å². The number of hydrogen-bond acceptors (Lipinski definition) is 6. The zero-order chi connectivity index (χ0) is 24.4. The van der Waals surface area contributed by atoms with Crippen LogP contribution >= 0.6 is 0 Å². The Morgan fingerprint density at radius 1 is 1.29 bits per heavy atom. The summed E-state index contributed by atoms with van der Waals surface area (Å²) in [4.78, 5) is 15.6. The summed E-state index contributed by atoms with van der Waals surface area (Å²) in [6.45, 7) is 3.98. The lowest BCUT2D eigenvalue weighted by Crippen LogP contribution is -2.33. The number of nitrogens with one attached hydrogen (secondary N) is 2. The number of aryl methyl sites for hydroxylation is 1. The van der Waals surface area contributed by atoms with Gasteiger partial charge in [-0.15, -0.1) is 0 Å². The maximum Gasteiger partial charge on any atom is 0.231 e. The Morgan fingerprint density at radius 3 is 2.91 bits per heavy atom. The first kappa shape index (κ1) is 23.2. The largest absolute Gasteiger partial charge is 0.497 e. The van der Waals surface area contributed by atoms with Crippen LogP contribution in [0.2, 0.25) is 0 Å². The fraction of sp³-hybridized carbons (Fsp3) is 0.407. The molecule has 2 N–H and O–H groups in total. The second-order valence-electron chi connectivity index (χ2n) is 9.38. The summed E-state index contributed by atoms with van der Waals surface area (Å²) in [7, 11) is 3.76. The summed E-state index contributed by atoms with van der Waals surface area (Å²) in [5.74, 6) is 1.83. The van der Waals surface area contributed by atoms with E-state index in [1.165, 1.54) is 6.42 Å². The predicted molar refractivity (Wildman–Crippen MR) is 134 cm³/mol. The number of hydrogen-bond donors (Lipinski definition) is 2. The molecule has 0 spiro atoms. The first-order chi connectivity index (χ1) is 17.0. The van der Waals surface area contributed by atoms with Crippen LogP contribution in [0.15, 0.2) is 42.6 Å². The molecule has 35 heavy (non-hydrogen) atoms. The Labute approximate surface area is 205 Å². The number of aromatic nitrogens is 2. The van der Waals surface area contributed by atoms with Crippen molar-refractivity contribution >= 4 is 11.6 Å². The molecule has 5 rings (SSSR count). The molecule has 2 atom stereocenters. The number of benzene rings is 2. The van der Waals surface area contributed by atoms with E-state index in [4.69, 9.17) is 14.2 Å². The van der Waals surface area contributed by atoms with Crippen molar-refractivity contribution in [2.75, 3.05) is 39.2 Å². The minimum Gasteiger partial charge on any atom is -0.497 e. The van der Waals surface area contributed by atoms with Gasteiger partial charge in [-0.1, -0.05) is 6.07 Å². The second kappa shape index (κ2) is 10.00. The molecule has 0 aliphatic carbocycles. The third kappa shape index (κ3) is 4.98. The van der Waals surface area contributed by atoms with Crippen LogP contribution in [-0.4, -0.2) is 61.0 Å². The van der Waals surface area contributed by atoms with Crippen LogP contribution in [0.25, 0.3) is 11.1 Å². The highest BCUT2D eigenvalue weighted by molar-refractivity contribution is 5.95. The Morgan fingerprint density at radius 2 is 2.17 bits per heavy atom. The minimum absolute atomic E-state index is 0.0893. The van der Waals surface area contributed by atoms with Gasteiger partial charge in [0.15, 0.2) is 0 Å². The predicted octanol–water partition coefficient (Wildman–Crippen LogP) is 4.06. The second-order valence-corrected chi connectivity index (χ2v) is 9.38. The summed E-state index contributed by atoms with van der Waals surface area (Å²) in [6.07, 6.45) is 4.69.